The normalized spacial score (nSPS) is 11.9. The van der Waals surface area contributed by atoms with Crippen molar-refractivity contribution < 1.29 is 14.7 Å². The standard InChI is InChI=1S/C10H15N3O3S/c1-3-7(4-14)12-9(16)8-5-17-10(13-8)11-6(2)15/h5,7,14H,3-4H2,1-2H3,(H,12,16)(H,11,13,15)/t7-/m1/s1. The van der Waals surface area contributed by atoms with Crippen LogP contribution in [0.4, 0.5) is 5.13 Å². The zero-order chi connectivity index (χ0) is 12.8. The fraction of sp³-hybridized carbons (Fsp3) is 0.500. The molecule has 0 radical (unpaired) electrons. The summed E-state index contributed by atoms with van der Waals surface area (Å²) in [6.45, 7) is 3.13. The number of anilines is 1. The molecule has 0 unspecified atom stereocenters. The van der Waals surface area contributed by atoms with Crippen LogP contribution in [0.5, 0.6) is 0 Å². The maximum absolute atomic E-state index is 11.7. The van der Waals surface area contributed by atoms with Gasteiger partial charge in [0.2, 0.25) is 5.91 Å². The fourth-order valence-corrected chi connectivity index (χ4v) is 1.86. The molecule has 2 amide bonds. The lowest BCUT2D eigenvalue weighted by Gasteiger charge is -2.12. The molecule has 0 saturated carbocycles. The second kappa shape index (κ2) is 6.31. The van der Waals surface area contributed by atoms with Crippen LogP contribution in [0.3, 0.4) is 0 Å². The number of aliphatic hydroxyl groups is 1. The van der Waals surface area contributed by atoms with Crippen molar-refractivity contribution in [1.82, 2.24) is 10.3 Å². The highest BCUT2D eigenvalue weighted by Gasteiger charge is 2.14. The predicted molar refractivity (Wildman–Crippen MR) is 65.0 cm³/mol. The van der Waals surface area contributed by atoms with Gasteiger partial charge in [0.05, 0.1) is 12.6 Å². The Kier molecular flexibility index (Phi) is 5.05. The molecule has 0 aromatic carbocycles. The second-order valence-electron chi connectivity index (χ2n) is 3.48. The summed E-state index contributed by atoms with van der Waals surface area (Å²) in [4.78, 5) is 26.4. The monoisotopic (exact) mass is 257 g/mol. The molecule has 7 heteroatoms. The van der Waals surface area contributed by atoms with E-state index in [1.807, 2.05) is 6.92 Å². The summed E-state index contributed by atoms with van der Waals surface area (Å²) < 4.78 is 0. The smallest absolute Gasteiger partial charge is 0.271 e. The Morgan fingerprint density at radius 2 is 2.29 bits per heavy atom. The molecule has 1 heterocycles. The number of nitrogens with one attached hydrogen (secondary N) is 2. The molecule has 0 aliphatic rings. The molecule has 1 rings (SSSR count). The molecule has 6 nitrogen and oxygen atoms in total. The van der Waals surface area contributed by atoms with Crippen molar-refractivity contribution in [2.75, 3.05) is 11.9 Å². The minimum Gasteiger partial charge on any atom is -0.394 e. The Morgan fingerprint density at radius 1 is 1.59 bits per heavy atom. The van der Waals surface area contributed by atoms with Crippen molar-refractivity contribution in [3.63, 3.8) is 0 Å². The second-order valence-corrected chi connectivity index (χ2v) is 4.34. The van der Waals surface area contributed by atoms with Gasteiger partial charge in [0.15, 0.2) is 5.13 Å². The molecule has 0 bridgehead atoms. The van der Waals surface area contributed by atoms with Crippen LogP contribution in [-0.2, 0) is 4.79 Å². The number of hydrogen-bond acceptors (Lipinski definition) is 5. The lowest BCUT2D eigenvalue weighted by Crippen LogP contribution is -2.37. The number of carbonyl (C=O) groups is 2. The van der Waals surface area contributed by atoms with Gasteiger partial charge in [-0.1, -0.05) is 6.92 Å². The first-order chi connectivity index (χ1) is 8.06. The summed E-state index contributed by atoms with van der Waals surface area (Å²) in [5, 5.41) is 16.0. The van der Waals surface area contributed by atoms with Crippen LogP contribution in [0.15, 0.2) is 5.38 Å². The average molecular weight is 257 g/mol. The first kappa shape index (κ1) is 13.6. The minimum atomic E-state index is -0.348. The van der Waals surface area contributed by atoms with Crippen molar-refractivity contribution in [2.45, 2.75) is 26.3 Å². The number of hydrogen-bond donors (Lipinski definition) is 3. The minimum absolute atomic E-state index is 0.106. The summed E-state index contributed by atoms with van der Waals surface area (Å²) in [6, 6.07) is -0.270. The Hall–Kier alpha value is -1.47. The molecule has 0 spiro atoms. The molecule has 17 heavy (non-hydrogen) atoms. The van der Waals surface area contributed by atoms with E-state index in [9.17, 15) is 9.59 Å². The first-order valence-corrected chi connectivity index (χ1v) is 6.09. The summed E-state index contributed by atoms with van der Waals surface area (Å²) in [7, 11) is 0. The van der Waals surface area contributed by atoms with Crippen molar-refractivity contribution in [3.8, 4) is 0 Å². The van der Waals surface area contributed by atoms with Gasteiger partial charge in [-0.05, 0) is 6.42 Å². The molecule has 0 saturated heterocycles. The highest BCUT2D eigenvalue weighted by atomic mass is 32.1. The van der Waals surface area contributed by atoms with Crippen molar-refractivity contribution in [3.05, 3.63) is 11.1 Å². The highest BCUT2D eigenvalue weighted by molar-refractivity contribution is 7.14. The molecule has 0 fully saturated rings. The van der Waals surface area contributed by atoms with E-state index in [1.54, 1.807) is 5.38 Å². The molecule has 94 valence electrons. The molecule has 1 aromatic heterocycles. The molecular formula is C10H15N3O3S. The van der Waals surface area contributed by atoms with Gasteiger partial charge >= 0.3 is 0 Å². The maximum atomic E-state index is 11.7. The lowest BCUT2D eigenvalue weighted by atomic mass is 10.2. The zero-order valence-electron chi connectivity index (χ0n) is 9.69. The molecule has 1 aromatic rings. The number of rotatable bonds is 5. The summed E-state index contributed by atoms with van der Waals surface area (Å²) >= 11 is 1.18. The number of aliphatic hydroxyl groups excluding tert-OH is 1. The van der Waals surface area contributed by atoms with E-state index in [0.717, 1.165) is 0 Å². The van der Waals surface area contributed by atoms with Gasteiger partial charge in [0.25, 0.3) is 5.91 Å². The van der Waals surface area contributed by atoms with Crippen LogP contribution in [0.1, 0.15) is 30.8 Å². The van der Waals surface area contributed by atoms with E-state index in [4.69, 9.17) is 5.11 Å². The number of amides is 2. The van der Waals surface area contributed by atoms with Crippen LogP contribution in [0.2, 0.25) is 0 Å². The van der Waals surface area contributed by atoms with Gasteiger partial charge in [-0.3, -0.25) is 9.59 Å². The predicted octanol–water partition coefficient (Wildman–Crippen LogP) is 0.602. The van der Waals surface area contributed by atoms with Gasteiger partial charge in [-0.15, -0.1) is 11.3 Å². The van der Waals surface area contributed by atoms with Crippen LogP contribution in [0.25, 0.3) is 0 Å². The van der Waals surface area contributed by atoms with Crippen LogP contribution < -0.4 is 10.6 Å². The number of aromatic nitrogens is 1. The van der Waals surface area contributed by atoms with Crippen LogP contribution in [-0.4, -0.2) is 34.6 Å². The summed E-state index contributed by atoms with van der Waals surface area (Å²) in [5.41, 5.74) is 0.241. The van der Waals surface area contributed by atoms with Gasteiger partial charge in [-0.2, -0.15) is 0 Å². The SMILES string of the molecule is CC[C@H](CO)NC(=O)c1csc(NC(C)=O)n1. The third kappa shape index (κ3) is 4.12. The zero-order valence-corrected chi connectivity index (χ0v) is 10.5. The quantitative estimate of drug-likeness (QED) is 0.720. The van der Waals surface area contributed by atoms with E-state index < -0.39 is 0 Å². The molecular weight excluding hydrogens is 242 g/mol. The average Bonchev–Trinajstić information content (AvgIpc) is 2.73. The summed E-state index contributed by atoms with van der Waals surface area (Å²) in [6.07, 6.45) is 0.644. The lowest BCUT2D eigenvalue weighted by molar-refractivity contribution is -0.114. The number of nitrogens with zero attached hydrogens (tertiary/aromatic N) is 1. The van der Waals surface area contributed by atoms with Crippen molar-refractivity contribution in [1.29, 1.82) is 0 Å². The summed E-state index contributed by atoms with van der Waals surface area (Å²) in [5.74, 6) is -0.577. The molecule has 3 N–H and O–H groups in total. The van der Waals surface area contributed by atoms with Crippen molar-refractivity contribution in [2.24, 2.45) is 0 Å². The van der Waals surface area contributed by atoms with Gasteiger partial charge in [-0.25, -0.2) is 4.98 Å². The Balaban J connectivity index is 2.63. The number of thiazole rings is 1. The fourth-order valence-electron chi connectivity index (χ4n) is 1.12. The molecule has 0 aliphatic heterocycles. The van der Waals surface area contributed by atoms with E-state index in [0.29, 0.717) is 11.6 Å². The Bertz CT molecular complexity index is 401. The van der Waals surface area contributed by atoms with Crippen LogP contribution in [0, 0.1) is 0 Å². The van der Waals surface area contributed by atoms with Gasteiger partial charge in [0, 0.05) is 12.3 Å². The van der Waals surface area contributed by atoms with E-state index in [-0.39, 0.29) is 30.2 Å². The van der Waals surface area contributed by atoms with Crippen LogP contribution >= 0.6 is 11.3 Å². The third-order valence-electron chi connectivity index (χ3n) is 2.07. The van der Waals surface area contributed by atoms with Crippen molar-refractivity contribution >= 4 is 28.3 Å². The van der Waals surface area contributed by atoms with Gasteiger partial charge < -0.3 is 15.7 Å². The molecule has 1 atom stereocenters. The van der Waals surface area contributed by atoms with E-state index in [1.165, 1.54) is 18.3 Å². The first-order valence-electron chi connectivity index (χ1n) is 5.21. The maximum Gasteiger partial charge on any atom is 0.271 e. The van der Waals surface area contributed by atoms with Gasteiger partial charge in [0.1, 0.15) is 5.69 Å². The Labute approximate surface area is 103 Å². The third-order valence-corrected chi connectivity index (χ3v) is 2.83. The largest absolute Gasteiger partial charge is 0.394 e. The highest BCUT2D eigenvalue weighted by Crippen LogP contribution is 2.15. The topological polar surface area (TPSA) is 91.3 Å². The Morgan fingerprint density at radius 3 is 2.82 bits per heavy atom. The van der Waals surface area contributed by atoms with E-state index in [2.05, 4.69) is 15.6 Å². The number of carbonyl (C=O) groups excluding carboxylic acids is 2. The molecule has 0 aliphatic carbocycles. The van der Waals surface area contributed by atoms with E-state index >= 15 is 0 Å².